The molecular weight excluding hydrogens is 382 g/mol. The average molecular weight is 393 g/mol. The Morgan fingerprint density at radius 2 is 2.04 bits per heavy atom. The highest BCUT2D eigenvalue weighted by molar-refractivity contribution is 6.33. The van der Waals surface area contributed by atoms with Crippen LogP contribution in [0.4, 0.5) is 4.39 Å². The van der Waals surface area contributed by atoms with Crippen LogP contribution in [-0.2, 0) is 13.5 Å². The quantitative estimate of drug-likeness (QED) is 0.731. The number of aromatic nitrogens is 3. The highest BCUT2D eigenvalue weighted by Gasteiger charge is 2.18. The number of nitriles is 1. The smallest absolute Gasteiger partial charge is 0.343 e. The molecule has 1 N–H and O–H groups in total. The second-order valence-corrected chi connectivity index (χ2v) is 6.20. The van der Waals surface area contributed by atoms with Gasteiger partial charge in [-0.05, 0) is 23.8 Å². The maximum atomic E-state index is 14.9. The lowest BCUT2D eigenvalue weighted by Crippen LogP contribution is -2.15. The third-order valence-corrected chi connectivity index (χ3v) is 4.33. The zero-order valence-electron chi connectivity index (χ0n) is 13.4. The van der Waals surface area contributed by atoms with E-state index in [2.05, 4.69) is 10.2 Å². The summed E-state index contributed by atoms with van der Waals surface area (Å²) in [4.78, 5) is 11.4. The Labute approximate surface area is 157 Å². The van der Waals surface area contributed by atoms with Crippen LogP contribution in [0, 0.1) is 17.1 Å². The molecule has 0 unspecified atom stereocenters. The molecule has 0 aliphatic heterocycles. The summed E-state index contributed by atoms with van der Waals surface area (Å²) in [7, 11) is 1.53. The maximum absolute atomic E-state index is 14.9. The lowest BCUT2D eigenvalue weighted by molar-refractivity contribution is 0.439. The van der Waals surface area contributed by atoms with Crippen molar-refractivity contribution in [3.63, 3.8) is 0 Å². The summed E-state index contributed by atoms with van der Waals surface area (Å²) in [5.41, 5.74) is 0.147. The molecule has 3 aromatic rings. The van der Waals surface area contributed by atoms with E-state index in [-0.39, 0.29) is 33.5 Å². The van der Waals surface area contributed by atoms with Crippen molar-refractivity contribution in [2.45, 2.75) is 6.42 Å². The number of benzene rings is 2. The zero-order valence-corrected chi connectivity index (χ0v) is 14.9. The van der Waals surface area contributed by atoms with Crippen molar-refractivity contribution in [3.8, 4) is 17.6 Å². The fourth-order valence-corrected chi connectivity index (χ4v) is 2.61. The first kappa shape index (κ1) is 18.0. The molecule has 0 bridgehead atoms. The van der Waals surface area contributed by atoms with Gasteiger partial charge in [0.25, 0.3) is 0 Å². The van der Waals surface area contributed by atoms with Gasteiger partial charge in [0, 0.05) is 19.5 Å². The zero-order chi connectivity index (χ0) is 18.8. The normalized spacial score (nSPS) is 10.6. The second kappa shape index (κ2) is 7.20. The van der Waals surface area contributed by atoms with E-state index in [1.165, 1.54) is 41.9 Å². The Hall–Kier alpha value is -2.82. The van der Waals surface area contributed by atoms with E-state index in [1.807, 2.05) is 6.07 Å². The summed E-state index contributed by atoms with van der Waals surface area (Å²) < 4.78 is 21.7. The molecular formula is C17H11Cl2FN4O2. The molecule has 0 aliphatic rings. The molecule has 0 fully saturated rings. The summed E-state index contributed by atoms with van der Waals surface area (Å²) >= 11 is 12.1. The topological polar surface area (TPSA) is 83.7 Å². The van der Waals surface area contributed by atoms with Crippen LogP contribution >= 0.6 is 23.2 Å². The van der Waals surface area contributed by atoms with Gasteiger partial charge in [0.1, 0.15) is 11.6 Å². The summed E-state index contributed by atoms with van der Waals surface area (Å²) in [6.45, 7) is 0. The van der Waals surface area contributed by atoms with Crippen LogP contribution in [0.5, 0.6) is 11.5 Å². The Bertz CT molecular complexity index is 1090. The lowest BCUT2D eigenvalue weighted by Gasteiger charge is -2.13. The van der Waals surface area contributed by atoms with Gasteiger partial charge in [-0.3, -0.25) is 4.57 Å². The summed E-state index contributed by atoms with van der Waals surface area (Å²) in [5, 5.41) is 15.4. The number of aromatic amines is 1. The minimum absolute atomic E-state index is 0.0422. The van der Waals surface area contributed by atoms with Crippen LogP contribution in [0.25, 0.3) is 0 Å². The highest BCUT2D eigenvalue weighted by atomic mass is 35.5. The predicted octanol–water partition coefficient (Wildman–Crippen LogP) is 3.81. The molecule has 0 saturated carbocycles. The third kappa shape index (κ3) is 3.43. The number of nitrogens with one attached hydrogen (secondary N) is 1. The van der Waals surface area contributed by atoms with Crippen molar-refractivity contribution in [1.82, 2.24) is 14.8 Å². The summed E-state index contributed by atoms with van der Waals surface area (Å²) in [5.74, 6) is -0.462. The largest absolute Gasteiger partial charge is 0.451 e. The van der Waals surface area contributed by atoms with Crippen molar-refractivity contribution >= 4 is 23.2 Å². The number of nitrogens with zero attached hydrogens (tertiary/aromatic N) is 3. The van der Waals surface area contributed by atoms with Crippen molar-refractivity contribution in [2.75, 3.05) is 0 Å². The van der Waals surface area contributed by atoms with E-state index in [0.29, 0.717) is 11.4 Å². The summed E-state index contributed by atoms with van der Waals surface area (Å²) in [6.07, 6.45) is 0.0561. The van der Waals surface area contributed by atoms with Gasteiger partial charge in [0.15, 0.2) is 11.6 Å². The van der Waals surface area contributed by atoms with Gasteiger partial charge in [-0.15, -0.1) is 0 Å². The van der Waals surface area contributed by atoms with E-state index < -0.39 is 11.5 Å². The molecule has 2 aromatic carbocycles. The molecule has 0 amide bonds. The molecule has 3 rings (SSSR count). The first-order chi connectivity index (χ1) is 12.4. The van der Waals surface area contributed by atoms with Crippen LogP contribution in [0.2, 0.25) is 10.0 Å². The molecule has 26 heavy (non-hydrogen) atoms. The number of rotatable bonds is 4. The van der Waals surface area contributed by atoms with Crippen LogP contribution in [0.15, 0.2) is 35.1 Å². The third-order valence-electron chi connectivity index (χ3n) is 3.72. The molecule has 1 aromatic heterocycles. The van der Waals surface area contributed by atoms with Crippen LogP contribution < -0.4 is 10.4 Å². The van der Waals surface area contributed by atoms with Crippen molar-refractivity contribution in [1.29, 1.82) is 5.26 Å². The van der Waals surface area contributed by atoms with Crippen LogP contribution in [0.1, 0.15) is 17.0 Å². The monoisotopic (exact) mass is 392 g/mol. The van der Waals surface area contributed by atoms with E-state index in [9.17, 15) is 9.18 Å². The van der Waals surface area contributed by atoms with Gasteiger partial charge >= 0.3 is 5.69 Å². The van der Waals surface area contributed by atoms with Gasteiger partial charge in [-0.1, -0.05) is 29.3 Å². The first-order valence-corrected chi connectivity index (χ1v) is 8.11. The second-order valence-electron chi connectivity index (χ2n) is 5.39. The molecule has 1 heterocycles. The molecule has 6 nitrogen and oxygen atoms in total. The fraction of sp³-hybridized carbons (Fsp3) is 0.118. The highest BCUT2D eigenvalue weighted by Crippen LogP contribution is 2.37. The molecule has 0 atom stereocenters. The first-order valence-electron chi connectivity index (χ1n) is 7.35. The van der Waals surface area contributed by atoms with Crippen molar-refractivity contribution < 1.29 is 9.13 Å². The minimum atomic E-state index is -0.702. The van der Waals surface area contributed by atoms with Gasteiger partial charge < -0.3 is 4.74 Å². The Morgan fingerprint density at radius 3 is 2.69 bits per heavy atom. The Kier molecular flexibility index (Phi) is 4.98. The number of halogens is 3. The standard InChI is InChI=1S/C17H11Cl2FN4O2/c1-24-14(22-23-17(24)25)7-10-3-5-12(19)16(15(10)20)26-13-6-9(8-21)2-4-11(13)18/h2-6H,7H2,1H3,(H,23,25). The Balaban J connectivity index is 1.99. The molecule has 0 aliphatic carbocycles. The van der Waals surface area contributed by atoms with Crippen LogP contribution in [0.3, 0.4) is 0 Å². The van der Waals surface area contributed by atoms with Gasteiger partial charge in [-0.2, -0.15) is 10.4 Å². The number of H-pyrrole nitrogens is 1. The van der Waals surface area contributed by atoms with Gasteiger partial charge in [-0.25, -0.2) is 14.3 Å². The molecule has 0 radical (unpaired) electrons. The number of hydrogen-bond acceptors (Lipinski definition) is 4. The van der Waals surface area contributed by atoms with Crippen molar-refractivity contribution in [2.24, 2.45) is 7.05 Å². The van der Waals surface area contributed by atoms with Gasteiger partial charge in [0.2, 0.25) is 0 Å². The number of hydrogen-bond donors (Lipinski definition) is 1. The maximum Gasteiger partial charge on any atom is 0.343 e. The van der Waals surface area contributed by atoms with E-state index in [4.69, 9.17) is 33.2 Å². The molecule has 0 spiro atoms. The van der Waals surface area contributed by atoms with Crippen LogP contribution in [-0.4, -0.2) is 14.8 Å². The fourth-order valence-electron chi connectivity index (χ4n) is 2.27. The minimum Gasteiger partial charge on any atom is -0.451 e. The van der Waals surface area contributed by atoms with E-state index in [0.717, 1.165) is 0 Å². The number of ether oxygens (including phenoxy) is 1. The lowest BCUT2D eigenvalue weighted by atomic mass is 10.1. The molecule has 9 heteroatoms. The molecule has 132 valence electrons. The van der Waals surface area contributed by atoms with Crippen molar-refractivity contribution in [3.05, 3.63) is 73.6 Å². The SMILES string of the molecule is Cn1c(Cc2ccc(Cl)c(Oc3cc(C#N)ccc3Cl)c2F)n[nH]c1=O. The average Bonchev–Trinajstić information content (AvgIpc) is 2.94. The predicted molar refractivity (Wildman–Crippen MR) is 94.3 cm³/mol. The Morgan fingerprint density at radius 1 is 1.31 bits per heavy atom. The van der Waals surface area contributed by atoms with E-state index in [1.54, 1.807) is 0 Å². The van der Waals surface area contributed by atoms with Gasteiger partial charge in [0.05, 0.1) is 21.7 Å². The molecule has 0 saturated heterocycles. The van der Waals surface area contributed by atoms with E-state index >= 15 is 0 Å². The summed E-state index contributed by atoms with van der Waals surface area (Å²) in [6, 6.07) is 9.29.